The molecule has 3 aromatic heterocycles. The smallest absolute Gasteiger partial charge is 0.270 e. The molecule has 1 amide bonds. The molecule has 4 rings (SSSR count). The monoisotopic (exact) mass is 337 g/mol. The van der Waals surface area contributed by atoms with E-state index in [9.17, 15) is 9.59 Å². The minimum Gasteiger partial charge on any atom is -0.336 e. The molecule has 1 fully saturated rings. The number of aryl methyl sites for hydroxylation is 1. The molecule has 0 aromatic carbocycles. The van der Waals surface area contributed by atoms with Gasteiger partial charge in [-0.15, -0.1) is 0 Å². The van der Waals surface area contributed by atoms with Crippen molar-refractivity contribution in [2.24, 2.45) is 0 Å². The SMILES string of the molecule is Cc1cnn([C@@H]2CCCN(C(=O)c3cnc4ccccn4c3=O)C2)c1. The highest BCUT2D eigenvalue weighted by Crippen LogP contribution is 2.22. The van der Waals surface area contributed by atoms with Crippen molar-refractivity contribution in [1.29, 1.82) is 0 Å². The van der Waals surface area contributed by atoms with Crippen LogP contribution < -0.4 is 5.56 Å². The van der Waals surface area contributed by atoms with E-state index in [0.717, 1.165) is 18.4 Å². The zero-order valence-corrected chi connectivity index (χ0v) is 14.0. The predicted octanol–water partition coefficient (Wildman–Crippen LogP) is 1.68. The molecule has 3 aromatic rings. The summed E-state index contributed by atoms with van der Waals surface area (Å²) in [6.45, 7) is 3.19. The summed E-state index contributed by atoms with van der Waals surface area (Å²) in [5.74, 6) is -0.260. The third kappa shape index (κ3) is 2.82. The van der Waals surface area contributed by atoms with Crippen LogP contribution in [0.25, 0.3) is 5.65 Å². The maximum Gasteiger partial charge on any atom is 0.270 e. The fourth-order valence-electron chi connectivity index (χ4n) is 3.33. The first kappa shape index (κ1) is 15.6. The van der Waals surface area contributed by atoms with Crippen LogP contribution in [-0.4, -0.2) is 43.1 Å². The van der Waals surface area contributed by atoms with E-state index in [-0.39, 0.29) is 23.1 Å². The Bertz CT molecular complexity index is 990. The molecule has 1 atom stereocenters. The Hall–Kier alpha value is -2.96. The van der Waals surface area contributed by atoms with Gasteiger partial charge >= 0.3 is 0 Å². The summed E-state index contributed by atoms with van der Waals surface area (Å²) in [5, 5.41) is 4.36. The lowest BCUT2D eigenvalue weighted by molar-refractivity contribution is 0.0670. The van der Waals surface area contributed by atoms with Crippen molar-refractivity contribution in [1.82, 2.24) is 24.1 Å². The first-order chi connectivity index (χ1) is 12.1. The molecule has 0 aliphatic carbocycles. The molecular formula is C18H19N5O2. The quantitative estimate of drug-likeness (QED) is 0.713. The summed E-state index contributed by atoms with van der Waals surface area (Å²) in [4.78, 5) is 31.5. The van der Waals surface area contributed by atoms with Crippen LogP contribution in [-0.2, 0) is 0 Å². The highest BCUT2D eigenvalue weighted by Gasteiger charge is 2.27. The average molecular weight is 337 g/mol. The summed E-state index contributed by atoms with van der Waals surface area (Å²) >= 11 is 0. The van der Waals surface area contributed by atoms with Crippen LogP contribution in [0.1, 0.15) is 34.8 Å². The third-order valence-electron chi connectivity index (χ3n) is 4.63. The maximum absolute atomic E-state index is 12.9. The lowest BCUT2D eigenvalue weighted by atomic mass is 10.1. The fourth-order valence-corrected chi connectivity index (χ4v) is 3.33. The van der Waals surface area contributed by atoms with E-state index < -0.39 is 0 Å². The summed E-state index contributed by atoms with van der Waals surface area (Å²) in [7, 11) is 0. The van der Waals surface area contributed by atoms with E-state index in [1.54, 1.807) is 23.2 Å². The van der Waals surface area contributed by atoms with E-state index in [4.69, 9.17) is 0 Å². The number of hydrogen-bond acceptors (Lipinski definition) is 4. The molecular weight excluding hydrogens is 318 g/mol. The van der Waals surface area contributed by atoms with E-state index in [1.807, 2.05) is 30.1 Å². The fraction of sp³-hybridized carbons (Fsp3) is 0.333. The largest absolute Gasteiger partial charge is 0.336 e. The van der Waals surface area contributed by atoms with Crippen LogP contribution in [0.5, 0.6) is 0 Å². The molecule has 7 nitrogen and oxygen atoms in total. The summed E-state index contributed by atoms with van der Waals surface area (Å²) < 4.78 is 3.33. The molecule has 7 heteroatoms. The van der Waals surface area contributed by atoms with Crippen molar-refractivity contribution in [3.8, 4) is 0 Å². The Balaban J connectivity index is 1.62. The second-order valence-corrected chi connectivity index (χ2v) is 6.45. The number of nitrogens with zero attached hydrogens (tertiary/aromatic N) is 5. The van der Waals surface area contributed by atoms with Crippen LogP contribution >= 0.6 is 0 Å². The van der Waals surface area contributed by atoms with Crippen LogP contribution in [0.3, 0.4) is 0 Å². The Morgan fingerprint density at radius 3 is 2.96 bits per heavy atom. The van der Waals surface area contributed by atoms with Gasteiger partial charge in [0.25, 0.3) is 11.5 Å². The highest BCUT2D eigenvalue weighted by atomic mass is 16.2. The van der Waals surface area contributed by atoms with Crippen LogP contribution in [0.2, 0.25) is 0 Å². The van der Waals surface area contributed by atoms with Crippen LogP contribution in [0.15, 0.2) is 47.8 Å². The first-order valence-electron chi connectivity index (χ1n) is 8.40. The predicted molar refractivity (Wildman–Crippen MR) is 92.6 cm³/mol. The number of piperidine rings is 1. The lowest BCUT2D eigenvalue weighted by Gasteiger charge is -2.32. The van der Waals surface area contributed by atoms with Gasteiger partial charge in [0, 0.05) is 31.7 Å². The van der Waals surface area contributed by atoms with Crippen molar-refractivity contribution in [2.45, 2.75) is 25.8 Å². The van der Waals surface area contributed by atoms with Gasteiger partial charge in [-0.05, 0) is 37.5 Å². The molecule has 0 radical (unpaired) electrons. The van der Waals surface area contributed by atoms with Gasteiger partial charge in [0.15, 0.2) is 0 Å². The number of carbonyl (C=O) groups excluding carboxylic acids is 1. The zero-order chi connectivity index (χ0) is 17.4. The zero-order valence-electron chi connectivity index (χ0n) is 14.0. The standard InChI is InChI=1S/C18H19N5O2/c1-13-9-20-23(11-13)14-5-4-7-21(12-14)17(24)15-10-19-16-6-2-3-8-22(16)18(15)25/h2-3,6,8-11,14H,4-5,7,12H2,1H3/t14-/m1/s1. The summed E-state index contributed by atoms with van der Waals surface area (Å²) in [6, 6.07) is 5.45. The Morgan fingerprint density at radius 2 is 2.16 bits per heavy atom. The third-order valence-corrected chi connectivity index (χ3v) is 4.63. The molecule has 0 bridgehead atoms. The Kier molecular flexibility index (Phi) is 3.83. The number of pyridine rings is 1. The van der Waals surface area contributed by atoms with Crippen LogP contribution in [0.4, 0.5) is 0 Å². The van der Waals surface area contributed by atoms with Crippen molar-refractivity contribution >= 4 is 11.6 Å². The highest BCUT2D eigenvalue weighted by molar-refractivity contribution is 5.93. The topological polar surface area (TPSA) is 72.5 Å². The van der Waals surface area contributed by atoms with Gasteiger partial charge in [-0.1, -0.05) is 6.07 Å². The van der Waals surface area contributed by atoms with Gasteiger partial charge in [0.1, 0.15) is 11.2 Å². The number of carbonyl (C=O) groups is 1. The van der Waals surface area contributed by atoms with Crippen molar-refractivity contribution < 1.29 is 4.79 Å². The van der Waals surface area contributed by atoms with E-state index in [0.29, 0.717) is 18.7 Å². The van der Waals surface area contributed by atoms with Gasteiger partial charge in [-0.3, -0.25) is 18.7 Å². The number of rotatable bonds is 2. The molecule has 0 spiro atoms. The molecule has 0 saturated carbocycles. The van der Waals surface area contributed by atoms with Crippen LogP contribution in [0, 0.1) is 6.92 Å². The number of hydrogen-bond donors (Lipinski definition) is 0. The average Bonchev–Trinajstić information content (AvgIpc) is 3.08. The molecule has 0 N–H and O–H groups in total. The number of aromatic nitrogens is 4. The van der Waals surface area contributed by atoms with Gasteiger partial charge < -0.3 is 4.90 Å². The van der Waals surface area contributed by atoms with Gasteiger partial charge in [-0.2, -0.15) is 5.10 Å². The molecule has 128 valence electrons. The van der Waals surface area contributed by atoms with E-state index in [2.05, 4.69) is 10.1 Å². The Morgan fingerprint density at radius 1 is 1.28 bits per heavy atom. The van der Waals surface area contributed by atoms with Crippen molar-refractivity contribution in [2.75, 3.05) is 13.1 Å². The molecule has 0 unspecified atom stereocenters. The summed E-state index contributed by atoms with van der Waals surface area (Å²) in [5.41, 5.74) is 1.42. The molecule has 25 heavy (non-hydrogen) atoms. The Labute approximate surface area is 144 Å². The molecule has 1 aliphatic rings. The second kappa shape index (κ2) is 6.16. The van der Waals surface area contributed by atoms with Crippen molar-refractivity contribution in [3.05, 3.63) is 64.5 Å². The van der Waals surface area contributed by atoms with E-state index in [1.165, 1.54) is 10.6 Å². The summed E-state index contributed by atoms with van der Waals surface area (Å²) in [6.07, 6.45) is 8.69. The van der Waals surface area contributed by atoms with Crippen molar-refractivity contribution in [3.63, 3.8) is 0 Å². The number of amides is 1. The van der Waals surface area contributed by atoms with E-state index >= 15 is 0 Å². The minimum absolute atomic E-state index is 0.112. The minimum atomic E-state index is -0.326. The van der Waals surface area contributed by atoms with Gasteiger partial charge in [0.2, 0.25) is 0 Å². The number of fused-ring (bicyclic) bond motifs is 1. The lowest BCUT2D eigenvalue weighted by Crippen LogP contribution is -2.43. The first-order valence-corrected chi connectivity index (χ1v) is 8.40. The maximum atomic E-state index is 12.9. The van der Waals surface area contributed by atoms with Gasteiger partial charge in [-0.25, -0.2) is 4.98 Å². The normalized spacial score (nSPS) is 17.8. The second-order valence-electron chi connectivity index (χ2n) is 6.45. The number of likely N-dealkylation sites (tertiary alicyclic amines) is 1. The van der Waals surface area contributed by atoms with Gasteiger partial charge in [0.05, 0.1) is 12.2 Å². The molecule has 4 heterocycles. The molecule has 1 saturated heterocycles. The molecule has 1 aliphatic heterocycles.